The molecule has 0 aromatic heterocycles. The van der Waals surface area contributed by atoms with Crippen molar-refractivity contribution in [2.45, 2.75) is 32.1 Å². The lowest BCUT2D eigenvalue weighted by molar-refractivity contribution is 0.0548. The van der Waals surface area contributed by atoms with Gasteiger partial charge >= 0.3 is 6.09 Å². The maximum Gasteiger partial charge on any atom is 0.409 e. The van der Waals surface area contributed by atoms with Crippen LogP contribution < -0.4 is 9.46 Å². The van der Waals surface area contributed by atoms with Crippen LogP contribution in [0.4, 0.5) is 10.5 Å². The number of hydrogen-bond acceptors (Lipinski definition) is 6. The highest BCUT2D eigenvalue weighted by molar-refractivity contribution is 7.80. The first-order valence-corrected chi connectivity index (χ1v) is 11.3. The third kappa shape index (κ3) is 5.85. The number of nitrogens with one attached hydrogen (secondary N) is 1. The largest absolute Gasteiger partial charge is 0.755 e. The van der Waals surface area contributed by atoms with Crippen molar-refractivity contribution < 1.29 is 27.8 Å². The van der Waals surface area contributed by atoms with Gasteiger partial charge in [0.1, 0.15) is 5.75 Å². The van der Waals surface area contributed by atoms with Gasteiger partial charge < -0.3 is 28.5 Å². The molecular formula is C20H28N3O6S-. The lowest BCUT2D eigenvalue weighted by atomic mass is 10.1. The van der Waals surface area contributed by atoms with Crippen LogP contribution in [0.15, 0.2) is 18.2 Å². The van der Waals surface area contributed by atoms with E-state index in [1.807, 2.05) is 0 Å². The number of hydrogen-bond donors (Lipinski definition) is 1. The zero-order chi connectivity index (χ0) is 21.5. The predicted octanol–water partition coefficient (Wildman–Crippen LogP) is 2.38. The highest BCUT2D eigenvalue weighted by atomic mass is 32.2. The van der Waals surface area contributed by atoms with E-state index in [0.29, 0.717) is 44.3 Å². The molecule has 1 atom stereocenters. The molecule has 1 aromatic carbocycles. The van der Waals surface area contributed by atoms with Crippen LogP contribution >= 0.6 is 0 Å². The summed E-state index contributed by atoms with van der Waals surface area (Å²) in [5, 5.41) is 0. The molecule has 3 rings (SSSR count). The van der Waals surface area contributed by atoms with Crippen LogP contribution in [0.2, 0.25) is 0 Å². The Balaban J connectivity index is 1.48. The number of carbonyl (C=O) groups excluding carboxylic acids is 2. The topological polar surface area (TPSA) is 111 Å². The lowest BCUT2D eigenvalue weighted by Gasteiger charge is -2.34. The SMILES string of the molecule is COc1cc(C(=O)N2CCN(C(=O)OCCC3CCCC3)CC2)ccc1NS(=O)[O-]. The molecule has 1 heterocycles. The summed E-state index contributed by atoms with van der Waals surface area (Å²) in [4.78, 5) is 28.3. The van der Waals surface area contributed by atoms with Crippen molar-refractivity contribution in [1.82, 2.24) is 9.80 Å². The van der Waals surface area contributed by atoms with Crippen molar-refractivity contribution in [2.75, 3.05) is 44.6 Å². The second-order valence-electron chi connectivity index (χ2n) is 7.58. The van der Waals surface area contributed by atoms with Crippen LogP contribution in [0.1, 0.15) is 42.5 Å². The van der Waals surface area contributed by atoms with Crippen LogP contribution in [0.3, 0.4) is 0 Å². The minimum absolute atomic E-state index is 0.197. The Labute approximate surface area is 179 Å². The van der Waals surface area contributed by atoms with Crippen molar-refractivity contribution >= 4 is 29.0 Å². The fraction of sp³-hybridized carbons (Fsp3) is 0.600. The van der Waals surface area contributed by atoms with E-state index in [9.17, 15) is 18.4 Å². The summed E-state index contributed by atoms with van der Waals surface area (Å²) in [6, 6.07) is 4.53. The summed E-state index contributed by atoms with van der Waals surface area (Å²) in [5.74, 6) is 0.742. The van der Waals surface area contributed by atoms with Crippen molar-refractivity contribution in [2.24, 2.45) is 5.92 Å². The fourth-order valence-electron chi connectivity index (χ4n) is 3.98. The molecular weight excluding hydrogens is 410 g/mol. The molecule has 0 bridgehead atoms. The highest BCUT2D eigenvalue weighted by Crippen LogP contribution is 2.28. The summed E-state index contributed by atoms with van der Waals surface area (Å²) >= 11 is -2.49. The monoisotopic (exact) mass is 438 g/mol. The van der Waals surface area contributed by atoms with E-state index in [1.165, 1.54) is 44.9 Å². The van der Waals surface area contributed by atoms with E-state index in [4.69, 9.17) is 9.47 Å². The Bertz CT molecular complexity index is 776. The van der Waals surface area contributed by atoms with Crippen molar-refractivity contribution in [3.05, 3.63) is 23.8 Å². The molecule has 2 aliphatic rings. The minimum Gasteiger partial charge on any atom is -0.755 e. The van der Waals surface area contributed by atoms with Gasteiger partial charge in [0.15, 0.2) is 0 Å². The van der Waals surface area contributed by atoms with E-state index in [0.717, 1.165) is 6.42 Å². The van der Waals surface area contributed by atoms with E-state index >= 15 is 0 Å². The summed E-state index contributed by atoms with van der Waals surface area (Å²) < 4.78 is 34.5. The van der Waals surface area contributed by atoms with Crippen LogP contribution in [-0.4, -0.2) is 70.5 Å². The van der Waals surface area contributed by atoms with Gasteiger partial charge in [-0.1, -0.05) is 25.7 Å². The fourth-order valence-corrected chi connectivity index (χ4v) is 4.32. The normalized spacial score (nSPS) is 18.2. The molecule has 1 saturated carbocycles. The van der Waals surface area contributed by atoms with E-state index in [2.05, 4.69) is 4.72 Å². The number of benzene rings is 1. The van der Waals surface area contributed by atoms with E-state index in [1.54, 1.807) is 15.9 Å². The minimum atomic E-state index is -2.49. The molecule has 2 fully saturated rings. The van der Waals surface area contributed by atoms with Crippen LogP contribution in [-0.2, 0) is 16.0 Å². The summed E-state index contributed by atoms with van der Waals surface area (Å²) in [5.41, 5.74) is 0.647. The standard InChI is InChI=1S/C20H29N3O6S/c1-28-18-14-16(6-7-17(18)21-30(26)27)19(24)22-9-11-23(12-10-22)20(25)29-13-8-15-4-2-3-5-15/h6-7,14-15,21H,2-5,8-13H2,1H3,(H,26,27)/p-1. The first kappa shape index (κ1) is 22.4. The molecule has 166 valence electrons. The summed E-state index contributed by atoms with van der Waals surface area (Å²) in [6.07, 6.45) is 5.62. The van der Waals surface area contributed by atoms with Gasteiger partial charge in [-0.3, -0.25) is 9.00 Å². The number of methoxy groups -OCH3 is 1. The molecule has 2 amide bonds. The van der Waals surface area contributed by atoms with Gasteiger partial charge in [0.2, 0.25) is 0 Å². The van der Waals surface area contributed by atoms with Gasteiger partial charge in [0.05, 0.1) is 19.4 Å². The first-order chi connectivity index (χ1) is 14.5. The second kappa shape index (κ2) is 10.6. The molecule has 1 aliphatic heterocycles. The second-order valence-corrected chi connectivity index (χ2v) is 8.26. The maximum atomic E-state index is 12.8. The molecule has 1 unspecified atom stereocenters. The Morgan fingerprint density at radius 1 is 1.17 bits per heavy atom. The zero-order valence-corrected chi connectivity index (χ0v) is 17.9. The molecule has 1 N–H and O–H groups in total. The van der Waals surface area contributed by atoms with Crippen LogP contribution in [0, 0.1) is 5.92 Å². The molecule has 10 heteroatoms. The average Bonchev–Trinajstić information content (AvgIpc) is 3.26. The Kier molecular flexibility index (Phi) is 7.92. The number of carbonyl (C=O) groups is 2. The Hall–Kier alpha value is -2.33. The first-order valence-electron chi connectivity index (χ1n) is 10.2. The number of nitrogens with zero attached hydrogens (tertiary/aromatic N) is 2. The highest BCUT2D eigenvalue weighted by Gasteiger charge is 2.26. The number of anilines is 1. The Morgan fingerprint density at radius 2 is 1.83 bits per heavy atom. The molecule has 1 aromatic rings. The van der Waals surface area contributed by atoms with Gasteiger partial charge in [-0.15, -0.1) is 0 Å². The Morgan fingerprint density at radius 3 is 2.47 bits per heavy atom. The van der Waals surface area contributed by atoms with Gasteiger partial charge in [0, 0.05) is 43.0 Å². The van der Waals surface area contributed by atoms with E-state index < -0.39 is 11.3 Å². The van der Waals surface area contributed by atoms with Gasteiger partial charge in [-0.05, 0) is 30.5 Å². The molecule has 9 nitrogen and oxygen atoms in total. The molecule has 0 spiro atoms. The quantitative estimate of drug-likeness (QED) is 0.654. The number of piperazine rings is 1. The lowest BCUT2D eigenvalue weighted by Crippen LogP contribution is -2.50. The smallest absolute Gasteiger partial charge is 0.409 e. The average molecular weight is 439 g/mol. The third-order valence-corrected chi connectivity index (χ3v) is 6.08. The number of rotatable bonds is 7. The van der Waals surface area contributed by atoms with Gasteiger partial charge in [0.25, 0.3) is 5.91 Å². The van der Waals surface area contributed by atoms with Crippen LogP contribution in [0.5, 0.6) is 5.75 Å². The maximum absolute atomic E-state index is 12.8. The van der Waals surface area contributed by atoms with Crippen molar-refractivity contribution in [3.63, 3.8) is 0 Å². The number of ether oxygens (including phenoxy) is 2. The molecule has 30 heavy (non-hydrogen) atoms. The van der Waals surface area contributed by atoms with Gasteiger partial charge in [-0.2, -0.15) is 0 Å². The van der Waals surface area contributed by atoms with E-state index in [-0.39, 0.29) is 23.4 Å². The number of amides is 2. The zero-order valence-electron chi connectivity index (χ0n) is 17.1. The van der Waals surface area contributed by atoms with Crippen molar-refractivity contribution in [1.29, 1.82) is 0 Å². The predicted molar refractivity (Wildman–Crippen MR) is 111 cm³/mol. The third-order valence-electron chi connectivity index (χ3n) is 5.69. The van der Waals surface area contributed by atoms with Crippen molar-refractivity contribution in [3.8, 4) is 5.75 Å². The molecule has 0 radical (unpaired) electrons. The molecule has 1 saturated heterocycles. The van der Waals surface area contributed by atoms with Gasteiger partial charge in [-0.25, -0.2) is 4.79 Å². The summed E-state index contributed by atoms with van der Waals surface area (Å²) in [6.45, 7) is 2.10. The summed E-state index contributed by atoms with van der Waals surface area (Å²) in [7, 11) is 1.40. The van der Waals surface area contributed by atoms with Crippen LogP contribution in [0.25, 0.3) is 0 Å². The molecule has 1 aliphatic carbocycles.